The second kappa shape index (κ2) is 8.11. The molecule has 1 atom stereocenters. The van der Waals surface area contributed by atoms with Crippen LogP contribution in [0, 0.1) is 19.8 Å². The van der Waals surface area contributed by atoms with Gasteiger partial charge < -0.3 is 15.0 Å². The summed E-state index contributed by atoms with van der Waals surface area (Å²) in [4.78, 5) is 26.7. The van der Waals surface area contributed by atoms with E-state index in [1.165, 1.54) is 0 Å². The molecule has 0 aliphatic carbocycles. The van der Waals surface area contributed by atoms with Gasteiger partial charge in [0, 0.05) is 32.3 Å². The third-order valence-electron chi connectivity index (χ3n) is 4.15. The highest BCUT2D eigenvalue weighted by atomic mass is 16.5. The predicted molar refractivity (Wildman–Crippen MR) is 89.4 cm³/mol. The highest BCUT2D eigenvalue weighted by Crippen LogP contribution is 2.20. The first kappa shape index (κ1) is 17.5. The molecule has 1 fully saturated rings. The van der Waals surface area contributed by atoms with E-state index in [-0.39, 0.29) is 17.7 Å². The van der Waals surface area contributed by atoms with Crippen LogP contribution in [0.2, 0.25) is 0 Å². The fourth-order valence-electron chi connectivity index (χ4n) is 3.08. The maximum absolute atomic E-state index is 12.7. The summed E-state index contributed by atoms with van der Waals surface area (Å²) in [5, 5.41) is 2.87. The number of nitrogens with zero attached hydrogens (tertiary/aromatic N) is 1. The molecule has 2 amide bonds. The molecular formula is C18H26N2O3. The first-order valence-electron chi connectivity index (χ1n) is 8.15. The van der Waals surface area contributed by atoms with Crippen LogP contribution in [0.1, 0.15) is 34.3 Å². The van der Waals surface area contributed by atoms with Crippen molar-refractivity contribution in [3.63, 3.8) is 0 Å². The SMILES string of the molecule is COCCNC(=O)C1CCCN(C(=O)c2cc(C)cc(C)c2)C1. The summed E-state index contributed by atoms with van der Waals surface area (Å²) in [6.07, 6.45) is 1.69. The number of hydrogen-bond donors (Lipinski definition) is 1. The van der Waals surface area contributed by atoms with E-state index in [0.717, 1.165) is 24.0 Å². The van der Waals surface area contributed by atoms with Gasteiger partial charge in [0.05, 0.1) is 12.5 Å². The zero-order chi connectivity index (χ0) is 16.8. The van der Waals surface area contributed by atoms with Crippen molar-refractivity contribution >= 4 is 11.8 Å². The van der Waals surface area contributed by atoms with Crippen molar-refractivity contribution in [3.05, 3.63) is 34.9 Å². The summed E-state index contributed by atoms with van der Waals surface area (Å²) >= 11 is 0. The largest absolute Gasteiger partial charge is 0.383 e. The monoisotopic (exact) mass is 318 g/mol. The molecular weight excluding hydrogens is 292 g/mol. The Balaban J connectivity index is 1.99. The second-order valence-electron chi connectivity index (χ2n) is 6.25. The molecule has 0 bridgehead atoms. The van der Waals surface area contributed by atoms with E-state index in [1.54, 1.807) is 12.0 Å². The van der Waals surface area contributed by atoms with Crippen molar-refractivity contribution in [2.75, 3.05) is 33.4 Å². The smallest absolute Gasteiger partial charge is 0.253 e. The highest BCUT2D eigenvalue weighted by molar-refractivity contribution is 5.95. The molecule has 1 saturated heterocycles. The lowest BCUT2D eigenvalue weighted by atomic mass is 9.96. The number of ether oxygens (including phenoxy) is 1. The Morgan fingerprint density at radius 3 is 2.61 bits per heavy atom. The van der Waals surface area contributed by atoms with Crippen molar-refractivity contribution in [3.8, 4) is 0 Å². The molecule has 0 radical (unpaired) electrons. The molecule has 1 aliphatic rings. The minimum Gasteiger partial charge on any atom is -0.383 e. The van der Waals surface area contributed by atoms with E-state index in [2.05, 4.69) is 11.4 Å². The summed E-state index contributed by atoms with van der Waals surface area (Å²) in [5.74, 6) is -0.0957. The molecule has 1 aromatic carbocycles. The van der Waals surface area contributed by atoms with E-state index in [9.17, 15) is 9.59 Å². The molecule has 1 N–H and O–H groups in total. The zero-order valence-corrected chi connectivity index (χ0v) is 14.2. The lowest BCUT2D eigenvalue weighted by Crippen LogP contribution is -2.46. The van der Waals surface area contributed by atoms with Crippen molar-refractivity contribution in [2.24, 2.45) is 5.92 Å². The van der Waals surface area contributed by atoms with Crippen molar-refractivity contribution < 1.29 is 14.3 Å². The van der Waals surface area contributed by atoms with E-state index in [1.807, 2.05) is 26.0 Å². The fraction of sp³-hybridized carbons (Fsp3) is 0.556. The lowest BCUT2D eigenvalue weighted by Gasteiger charge is -2.32. The van der Waals surface area contributed by atoms with Crippen LogP contribution in [0.15, 0.2) is 18.2 Å². The summed E-state index contributed by atoms with van der Waals surface area (Å²) < 4.78 is 4.94. The third kappa shape index (κ3) is 4.79. The van der Waals surface area contributed by atoms with Gasteiger partial charge in [-0.05, 0) is 38.8 Å². The molecule has 2 rings (SSSR count). The van der Waals surface area contributed by atoms with E-state index >= 15 is 0 Å². The molecule has 1 unspecified atom stereocenters. The number of benzene rings is 1. The second-order valence-corrected chi connectivity index (χ2v) is 6.25. The summed E-state index contributed by atoms with van der Waals surface area (Å²) in [6.45, 7) is 6.21. The lowest BCUT2D eigenvalue weighted by molar-refractivity contribution is -0.126. The van der Waals surface area contributed by atoms with Gasteiger partial charge >= 0.3 is 0 Å². The van der Waals surface area contributed by atoms with E-state index in [0.29, 0.717) is 31.8 Å². The molecule has 1 aliphatic heterocycles. The summed E-state index contributed by atoms with van der Waals surface area (Å²) in [5.41, 5.74) is 2.88. The Morgan fingerprint density at radius 1 is 1.26 bits per heavy atom. The number of rotatable bonds is 5. The van der Waals surface area contributed by atoms with Gasteiger partial charge in [0.15, 0.2) is 0 Å². The van der Waals surface area contributed by atoms with Crippen LogP contribution in [0.5, 0.6) is 0 Å². The van der Waals surface area contributed by atoms with Crippen LogP contribution in [0.4, 0.5) is 0 Å². The number of likely N-dealkylation sites (tertiary alicyclic amines) is 1. The van der Waals surface area contributed by atoms with Gasteiger partial charge in [0.1, 0.15) is 0 Å². The first-order valence-corrected chi connectivity index (χ1v) is 8.15. The molecule has 1 heterocycles. The molecule has 23 heavy (non-hydrogen) atoms. The number of piperidine rings is 1. The first-order chi connectivity index (χ1) is 11.0. The van der Waals surface area contributed by atoms with Crippen LogP contribution in [0.25, 0.3) is 0 Å². The Hall–Kier alpha value is -1.88. The normalized spacial score (nSPS) is 17.9. The maximum atomic E-state index is 12.7. The molecule has 0 spiro atoms. The predicted octanol–water partition coefficient (Wildman–Crippen LogP) is 1.92. The average Bonchev–Trinajstić information content (AvgIpc) is 2.53. The van der Waals surface area contributed by atoms with Crippen molar-refractivity contribution in [1.29, 1.82) is 0 Å². The highest BCUT2D eigenvalue weighted by Gasteiger charge is 2.28. The van der Waals surface area contributed by atoms with Crippen LogP contribution in [-0.4, -0.2) is 50.1 Å². The summed E-state index contributed by atoms with van der Waals surface area (Å²) in [6, 6.07) is 5.88. The van der Waals surface area contributed by atoms with E-state index < -0.39 is 0 Å². The van der Waals surface area contributed by atoms with Crippen molar-refractivity contribution in [2.45, 2.75) is 26.7 Å². The number of nitrogens with one attached hydrogen (secondary N) is 1. The van der Waals surface area contributed by atoms with Crippen LogP contribution < -0.4 is 5.32 Å². The average molecular weight is 318 g/mol. The Labute approximate surface area is 138 Å². The van der Waals surface area contributed by atoms with Crippen LogP contribution in [0.3, 0.4) is 0 Å². The number of hydrogen-bond acceptors (Lipinski definition) is 3. The van der Waals surface area contributed by atoms with Crippen LogP contribution in [-0.2, 0) is 9.53 Å². The number of carbonyl (C=O) groups excluding carboxylic acids is 2. The quantitative estimate of drug-likeness (QED) is 0.844. The minimum absolute atomic E-state index is 0.0139. The fourth-order valence-corrected chi connectivity index (χ4v) is 3.08. The molecule has 126 valence electrons. The minimum atomic E-state index is -0.129. The number of amides is 2. The molecule has 5 heteroatoms. The van der Waals surface area contributed by atoms with E-state index in [4.69, 9.17) is 4.74 Å². The molecule has 0 saturated carbocycles. The van der Waals surface area contributed by atoms with Gasteiger partial charge in [-0.1, -0.05) is 17.2 Å². The molecule has 0 aromatic heterocycles. The van der Waals surface area contributed by atoms with Gasteiger partial charge in [0.25, 0.3) is 5.91 Å². The Bertz CT molecular complexity index is 551. The van der Waals surface area contributed by atoms with Crippen LogP contribution >= 0.6 is 0 Å². The van der Waals surface area contributed by atoms with Crippen molar-refractivity contribution in [1.82, 2.24) is 10.2 Å². The molecule has 1 aromatic rings. The van der Waals surface area contributed by atoms with Gasteiger partial charge in [-0.25, -0.2) is 0 Å². The zero-order valence-electron chi connectivity index (χ0n) is 14.2. The maximum Gasteiger partial charge on any atom is 0.253 e. The Kier molecular flexibility index (Phi) is 6.16. The number of methoxy groups -OCH3 is 1. The molecule has 5 nitrogen and oxygen atoms in total. The third-order valence-corrected chi connectivity index (χ3v) is 4.15. The Morgan fingerprint density at radius 2 is 1.96 bits per heavy atom. The van der Waals surface area contributed by atoms with Gasteiger partial charge in [-0.15, -0.1) is 0 Å². The van der Waals surface area contributed by atoms with Gasteiger partial charge in [0.2, 0.25) is 5.91 Å². The topological polar surface area (TPSA) is 58.6 Å². The number of aryl methyl sites for hydroxylation is 2. The summed E-state index contributed by atoms with van der Waals surface area (Å²) in [7, 11) is 1.61. The van der Waals surface area contributed by atoms with Gasteiger partial charge in [-0.2, -0.15) is 0 Å². The number of carbonyl (C=O) groups is 2. The van der Waals surface area contributed by atoms with Gasteiger partial charge in [-0.3, -0.25) is 9.59 Å². The standard InChI is InChI=1S/C18H26N2O3/c1-13-9-14(2)11-16(10-13)18(22)20-7-4-5-15(12-20)17(21)19-6-8-23-3/h9-11,15H,4-8,12H2,1-3H3,(H,19,21).